The summed E-state index contributed by atoms with van der Waals surface area (Å²) in [5, 5.41) is 0. The summed E-state index contributed by atoms with van der Waals surface area (Å²) in [6, 6.07) is 0.297. The lowest BCUT2D eigenvalue weighted by molar-refractivity contribution is -0.134. The molecule has 0 aromatic heterocycles. The molecule has 1 saturated heterocycles. The molecule has 1 saturated carbocycles. The van der Waals surface area contributed by atoms with E-state index >= 15 is 0 Å². The Morgan fingerprint density at radius 1 is 1.41 bits per heavy atom. The third kappa shape index (κ3) is 1.90. The van der Waals surface area contributed by atoms with Crippen LogP contribution in [0.2, 0.25) is 0 Å². The summed E-state index contributed by atoms with van der Waals surface area (Å²) in [6.45, 7) is 2.71. The van der Waals surface area contributed by atoms with Crippen LogP contribution >= 0.6 is 0 Å². The van der Waals surface area contributed by atoms with Crippen LogP contribution in [-0.4, -0.2) is 29.2 Å². The summed E-state index contributed by atoms with van der Waals surface area (Å²) in [4.78, 5) is 13.8. The molecule has 0 unspecified atom stereocenters. The van der Waals surface area contributed by atoms with Crippen LogP contribution in [0.4, 0.5) is 0 Å². The summed E-state index contributed by atoms with van der Waals surface area (Å²) in [5.74, 6) is 0.930. The Kier molecular flexibility index (Phi) is 2.74. The van der Waals surface area contributed by atoms with Crippen LogP contribution in [0.5, 0.6) is 0 Å². The second-order valence-corrected chi connectivity index (χ2v) is 5.80. The second kappa shape index (κ2) is 4.13. The Labute approximate surface area is 103 Å². The summed E-state index contributed by atoms with van der Waals surface area (Å²) in [6.07, 6.45) is 11.5. The lowest BCUT2D eigenvalue weighted by atomic mass is 9.84. The molecule has 0 spiro atoms. The van der Waals surface area contributed by atoms with E-state index in [-0.39, 0.29) is 5.91 Å². The highest BCUT2D eigenvalue weighted by molar-refractivity contribution is 5.91. The number of nitrogens with zero attached hydrogens (tertiary/aromatic N) is 1. The summed E-state index contributed by atoms with van der Waals surface area (Å²) in [7, 11) is 0. The van der Waals surface area contributed by atoms with Crippen molar-refractivity contribution in [2.45, 2.75) is 57.2 Å². The van der Waals surface area contributed by atoms with Crippen LogP contribution in [0.15, 0.2) is 12.2 Å². The van der Waals surface area contributed by atoms with Gasteiger partial charge >= 0.3 is 0 Å². The Morgan fingerprint density at radius 3 is 2.94 bits per heavy atom. The fourth-order valence-electron chi connectivity index (χ4n) is 3.59. The monoisotopic (exact) mass is 235 g/mol. The number of fused-ring (bicyclic) bond motifs is 1. The van der Waals surface area contributed by atoms with E-state index in [1.807, 2.05) is 17.9 Å². The van der Waals surface area contributed by atoms with E-state index in [9.17, 15) is 4.79 Å². The van der Waals surface area contributed by atoms with Gasteiger partial charge in [-0.3, -0.25) is 4.79 Å². The van der Waals surface area contributed by atoms with Crippen molar-refractivity contribution >= 4 is 5.91 Å². The van der Waals surface area contributed by atoms with Crippen molar-refractivity contribution < 1.29 is 9.53 Å². The van der Waals surface area contributed by atoms with E-state index in [1.54, 1.807) is 6.08 Å². The standard InChI is InChI=1S/C14H21NO2/c1-14-8-7-13(16)15(14)12(10-17-14)9-11-5-3-2-4-6-11/h7-8,11-12H,2-6,9-10H2,1H3/t12-,14+/m0/s1. The number of carbonyl (C=O) groups excluding carboxylic acids is 1. The first-order valence-electron chi connectivity index (χ1n) is 6.85. The van der Waals surface area contributed by atoms with Gasteiger partial charge in [0, 0.05) is 6.08 Å². The predicted molar refractivity (Wildman–Crippen MR) is 65.3 cm³/mol. The van der Waals surface area contributed by atoms with Gasteiger partial charge in [0.2, 0.25) is 5.91 Å². The maximum absolute atomic E-state index is 11.9. The van der Waals surface area contributed by atoms with Crippen molar-refractivity contribution in [3.63, 3.8) is 0 Å². The summed E-state index contributed by atoms with van der Waals surface area (Å²) in [5.41, 5.74) is -0.448. The zero-order valence-corrected chi connectivity index (χ0v) is 10.5. The minimum Gasteiger partial charge on any atom is -0.350 e. The van der Waals surface area contributed by atoms with E-state index in [0.717, 1.165) is 12.3 Å². The lowest BCUT2D eigenvalue weighted by Gasteiger charge is -2.32. The molecule has 3 heteroatoms. The maximum Gasteiger partial charge on any atom is 0.249 e. The van der Waals surface area contributed by atoms with Gasteiger partial charge < -0.3 is 9.64 Å². The van der Waals surface area contributed by atoms with Gasteiger partial charge in [-0.1, -0.05) is 32.1 Å². The van der Waals surface area contributed by atoms with Crippen molar-refractivity contribution in [3.8, 4) is 0 Å². The first kappa shape index (κ1) is 11.3. The highest BCUT2D eigenvalue weighted by Gasteiger charge is 2.48. The van der Waals surface area contributed by atoms with Gasteiger partial charge in [-0.25, -0.2) is 0 Å². The zero-order chi connectivity index (χ0) is 11.9. The molecule has 3 rings (SSSR count). The Hall–Kier alpha value is -0.830. The topological polar surface area (TPSA) is 29.5 Å². The van der Waals surface area contributed by atoms with Crippen molar-refractivity contribution in [2.75, 3.05) is 6.61 Å². The Morgan fingerprint density at radius 2 is 2.18 bits per heavy atom. The molecule has 94 valence electrons. The SMILES string of the molecule is C[C@@]12C=CC(=O)N1[C@@H](CC1CCCCC1)CO2. The number of ether oxygens (including phenoxy) is 1. The number of hydrogen-bond acceptors (Lipinski definition) is 2. The third-order valence-corrected chi connectivity index (χ3v) is 4.51. The maximum atomic E-state index is 11.9. The zero-order valence-electron chi connectivity index (χ0n) is 10.5. The van der Waals surface area contributed by atoms with Gasteiger partial charge in [-0.05, 0) is 25.3 Å². The van der Waals surface area contributed by atoms with Gasteiger partial charge in [0.1, 0.15) is 0 Å². The number of hydrogen-bond donors (Lipinski definition) is 0. The smallest absolute Gasteiger partial charge is 0.249 e. The number of rotatable bonds is 2. The highest BCUT2D eigenvalue weighted by atomic mass is 16.5. The number of amides is 1. The van der Waals surface area contributed by atoms with Gasteiger partial charge in [-0.15, -0.1) is 0 Å². The molecule has 0 bridgehead atoms. The fraction of sp³-hybridized carbons (Fsp3) is 0.786. The number of carbonyl (C=O) groups is 1. The molecule has 1 amide bonds. The highest BCUT2D eigenvalue weighted by Crippen LogP contribution is 2.38. The molecule has 3 aliphatic rings. The minimum atomic E-state index is -0.448. The van der Waals surface area contributed by atoms with E-state index in [4.69, 9.17) is 4.74 Å². The van der Waals surface area contributed by atoms with E-state index < -0.39 is 5.72 Å². The molecule has 0 aromatic rings. The molecular weight excluding hydrogens is 214 g/mol. The van der Waals surface area contributed by atoms with Gasteiger partial charge in [-0.2, -0.15) is 0 Å². The van der Waals surface area contributed by atoms with Crippen LogP contribution in [0.25, 0.3) is 0 Å². The quantitative estimate of drug-likeness (QED) is 0.736. The molecule has 2 fully saturated rings. The largest absolute Gasteiger partial charge is 0.350 e. The van der Waals surface area contributed by atoms with Gasteiger partial charge in [0.25, 0.3) is 0 Å². The average molecular weight is 235 g/mol. The lowest BCUT2D eigenvalue weighted by Crippen LogP contribution is -2.44. The van der Waals surface area contributed by atoms with Crippen molar-refractivity contribution in [3.05, 3.63) is 12.2 Å². The molecule has 0 radical (unpaired) electrons. The van der Waals surface area contributed by atoms with Crippen molar-refractivity contribution in [1.29, 1.82) is 0 Å². The van der Waals surface area contributed by atoms with Gasteiger partial charge in [0.05, 0.1) is 12.6 Å². The van der Waals surface area contributed by atoms with Crippen LogP contribution in [0.3, 0.4) is 0 Å². The van der Waals surface area contributed by atoms with Crippen LogP contribution in [0.1, 0.15) is 45.4 Å². The first-order valence-corrected chi connectivity index (χ1v) is 6.85. The van der Waals surface area contributed by atoms with Crippen LogP contribution < -0.4 is 0 Å². The second-order valence-electron chi connectivity index (χ2n) is 5.80. The molecule has 17 heavy (non-hydrogen) atoms. The molecule has 1 aliphatic carbocycles. The van der Waals surface area contributed by atoms with Crippen molar-refractivity contribution in [1.82, 2.24) is 4.90 Å². The van der Waals surface area contributed by atoms with E-state index in [2.05, 4.69) is 0 Å². The fourth-order valence-corrected chi connectivity index (χ4v) is 3.59. The molecule has 3 nitrogen and oxygen atoms in total. The summed E-state index contributed by atoms with van der Waals surface area (Å²) >= 11 is 0. The molecule has 2 heterocycles. The minimum absolute atomic E-state index is 0.130. The molecule has 2 atom stereocenters. The third-order valence-electron chi connectivity index (χ3n) is 4.51. The Balaban J connectivity index is 1.67. The van der Waals surface area contributed by atoms with Crippen LogP contribution in [0, 0.1) is 5.92 Å². The Bertz CT molecular complexity index is 346. The summed E-state index contributed by atoms with van der Waals surface area (Å²) < 4.78 is 5.81. The van der Waals surface area contributed by atoms with Gasteiger partial charge in [0.15, 0.2) is 5.72 Å². The molecular formula is C14H21NO2. The first-order chi connectivity index (χ1) is 8.19. The average Bonchev–Trinajstić information content (AvgIpc) is 2.80. The predicted octanol–water partition coefficient (Wildman–Crippen LogP) is 2.47. The van der Waals surface area contributed by atoms with E-state index in [0.29, 0.717) is 12.6 Å². The molecule has 0 aromatic carbocycles. The van der Waals surface area contributed by atoms with E-state index in [1.165, 1.54) is 32.1 Å². The van der Waals surface area contributed by atoms with Crippen molar-refractivity contribution in [2.24, 2.45) is 5.92 Å². The normalized spacial score (nSPS) is 37.8. The molecule has 2 aliphatic heterocycles. The molecule has 0 N–H and O–H groups in total. The van der Waals surface area contributed by atoms with Crippen LogP contribution in [-0.2, 0) is 9.53 Å².